The van der Waals surface area contributed by atoms with E-state index in [-0.39, 0.29) is 23.9 Å². The number of amides is 2. The number of likely N-dealkylation sites (tertiary alicyclic amines) is 1. The summed E-state index contributed by atoms with van der Waals surface area (Å²) in [7, 11) is 0. The molecule has 0 atom stereocenters. The number of rotatable bonds is 7. The Kier molecular flexibility index (Phi) is 6.00. The highest BCUT2D eigenvalue weighted by Gasteiger charge is 2.24. The SMILES string of the molecule is NC1CN(Cc2ccc(-c3cc4nccc(Oc5ccc(NC(=O)NC6CC6)cc5F)c4s3)nc2)C1. The molecule has 2 aliphatic rings. The largest absolute Gasteiger partial charge is 0.453 e. The normalized spacial score (nSPS) is 16.1. The fourth-order valence-electron chi connectivity index (χ4n) is 4.14. The van der Waals surface area contributed by atoms with Crippen LogP contribution in [0.4, 0.5) is 14.9 Å². The summed E-state index contributed by atoms with van der Waals surface area (Å²) in [5.41, 5.74) is 8.97. The molecule has 8 nitrogen and oxygen atoms in total. The summed E-state index contributed by atoms with van der Waals surface area (Å²) in [6, 6.07) is 12.3. The molecule has 10 heteroatoms. The van der Waals surface area contributed by atoms with Gasteiger partial charge < -0.3 is 21.1 Å². The third-order valence-electron chi connectivity index (χ3n) is 6.17. The molecule has 1 saturated heterocycles. The molecular weight excluding hydrogens is 479 g/mol. The summed E-state index contributed by atoms with van der Waals surface area (Å²) in [5, 5.41) is 5.46. The van der Waals surface area contributed by atoms with Gasteiger partial charge >= 0.3 is 6.03 Å². The molecule has 4 aromatic rings. The van der Waals surface area contributed by atoms with Crippen LogP contribution in [0.15, 0.2) is 54.9 Å². The van der Waals surface area contributed by atoms with Gasteiger partial charge in [-0.25, -0.2) is 9.18 Å². The van der Waals surface area contributed by atoms with Crippen molar-refractivity contribution in [2.24, 2.45) is 5.73 Å². The Morgan fingerprint density at radius 2 is 2.00 bits per heavy atom. The van der Waals surface area contributed by atoms with Crippen LogP contribution < -0.4 is 21.1 Å². The van der Waals surface area contributed by atoms with Crippen LogP contribution in [-0.2, 0) is 6.54 Å². The van der Waals surface area contributed by atoms with Gasteiger partial charge in [0.05, 0.1) is 20.8 Å². The lowest BCUT2D eigenvalue weighted by Gasteiger charge is -2.36. The van der Waals surface area contributed by atoms with Crippen LogP contribution in [0.5, 0.6) is 11.5 Å². The van der Waals surface area contributed by atoms with Crippen LogP contribution >= 0.6 is 11.3 Å². The highest BCUT2D eigenvalue weighted by molar-refractivity contribution is 7.22. The molecule has 1 aliphatic heterocycles. The van der Waals surface area contributed by atoms with Gasteiger partial charge in [0.25, 0.3) is 0 Å². The Bertz CT molecular complexity index is 1420. The van der Waals surface area contributed by atoms with E-state index in [1.807, 2.05) is 18.3 Å². The van der Waals surface area contributed by atoms with Crippen molar-refractivity contribution in [1.82, 2.24) is 20.2 Å². The molecule has 4 N–H and O–H groups in total. The predicted molar refractivity (Wildman–Crippen MR) is 138 cm³/mol. The maximum Gasteiger partial charge on any atom is 0.319 e. The summed E-state index contributed by atoms with van der Waals surface area (Å²) in [6.45, 7) is 2.68. The van der Waals surface area contributed by atoms with Crippen LogP contribution in [-0.4, -0.2) is 46.1 Å². The van der Waals surface area contributed by atoms with Crippen LogP contribution in [0, 0.1) is 5.82 Å². The summed E-state index contributed by atoms with van der Waals surface area (Å²) < 4.78 is 21.5. The summed E-state index contributed by atoms with van der Waals surface area (Å²) in [5.74, 6) is 0.00764. The zero-order chi connectivity index (χ0) is 24.6. The molecule has 1 saturated carbocycles. The van der Waals surface area contributed by atoms with Crippen LogP contribution in [0.3, 0.4) is 0 Å². The molecule has 6 rings (SSSR count). The lowest BCUT2D eigenvalue weighted by Crippen LogP contribution is -2.54. The lowest BCUT2D eigenvalue weighted by atomic mass is 10.1. The second-order valence-corrected chi connectivity index (χ2v) is 10.3. The molecule has 0 bridgehead atoms. The highest BCUT2D eigenvalue weighted by Crippen LogP contribution is 2.39. The van der Waals surface area contributed by atoms with Crippen molar-refractivity contribution < 1.29 is 13.9 Å². The van der Waals surface area contributed by atoms with Gasteiger partial charge in [0.15, 0.2) is 11.6 Å². The Hall–Kier alpha value is -3.60. The van der Waals surface area contributed by atoms with Gasteiger partial charge in [-0.2, -0.15) is 0 Å². The van der Waals surface area contributed by atoms with Crippen LogP contribution in [0.2, 0.25) is 0 Å². The first-order valence-corrected chi connectivity index (χ1v) is 12.7. The number of anilines is 1. The number of benzene rings is 1. The number of carbonyl (C=O) groups is 1. The van der Waals surface area contributed by atoms with E-state index in [1.54, 1.807) is 18.3 Å². The average molecular weight is 505 g/mol. The fraction of sp³-hybridized carbons (Fsp3) is 0.269. The zero-order valence-electron chi connectivity index (χ0n) is 19.4. The Morgan fingerprint density at radius 3 is 2.72 bits per heavy atom. The van der Waals surface area contributed by atoms with E-state index in [0.29, 0.717) is 11.4 Å². The number of hydrogen-bond acceptors (Lipinski definition) is 7. The maximum absolute atomic E-state index is 14.8. The van der Waals surface area contributed by atoms with Crippen molar-refractivity contribution in [3.63, 3.8) is 0 Å². The number of nitrogens with two attached hydrogens (primary N) is 1. The standard InChI is InChI=1S/C26H25FN6O2S/c27-19-9-18(32-26(34)31-17-2-3-17)4-6-22(19)35-23-7-8-29-21-10-24(36-25(21)23)20-5-1-15(11-30-20)12-33-13-16(28)14-33/h1,4-11,16-17H,2-3,12-14,28H2,(H2,31,32,34). The Morgan fingerprint density at radius 1 is 1.14 bits per heavy atom. The molecule has 3 aromatic heterocycles. The molecule has 4 heterocycles. The molecule has 0 radical (unpaired) electrons. The molecule has 1 aromatic carbocycles. The molecule has 0 unspecified atom stereocenters. The van der Waals surface area contributed by atoms with Gasteiger partial charge in [0, 0.05) is 61.9 Å². The fourth-order valence-corrected chi connectivity index (χ4v) is 5.18. The number of halogens is 1. The van der Waals surface area contributed by atoms with Crippen molar-refractivity contribution in [3.8, 4) is 22.1 Å². The predicted octanol–water partition coefficient (Wildman–Crippen LogP) is 4.72. The molecule has 2 fully saturated rings. The number of pyridine rings is 2. The van der Waals surface area contributed by atoms with E-state index < -0.39 is 5.82 Å². The number of aromatic nitrogens is 2. The monoisotopic (exact) mass is 504 g/mol. The van der Waals surface area contributed by atoms with E-state index in [9.17, 15) is 9.18 Å². The minimum absolute atomic E-state index is 0.0683. The first-order chi connectivity index (χ1) is 17.5. The minimum Gasteiger partial charge on any atom is -0.453 e. The molecule has 184 valence electrons. The maximum atomic E-state index is 14.8. The number of fused-ring (bicyclic) bond motifs is 1. The van der Waals surface area contributed by atoms with E-state index in [4.69, 9.17) is 10.5 Å². The third-order valence-corrected chi connectivity index (χ3v) is 7.33. The van der Waals surface area contributed by atoms with Gasteiger partial charge in [0.2, 0.25) is 0 Å². The van der Waals surface area contributed by atoms with Gasteiger partial charge in [-0.3, -0.25) is 14.9 Å². The second kappa shape index (κ2) is 9.45. The first-order valence-electron chi connectivity index (χ1n) is 11.9. The summed E-state index contributed by atoms with van der Waals surface area (Å²) in [4.78, 5) is 24.2. The van der Waals surface area contributed by atoms with Crippen molar-refractivity contribution in [2.45, 2.75) is 31.5 Å². The van der Waals surface area contributed by atoms with Crippen LogP contribution in [0.25, 0.3) is 20.8 Å². The van der Waals surface area contributed by atoms with Crippen molar-refractivity contribution >= 4 is 33.3 Å². The number of hydrogen-bond donors (Lipinski definition) is 3. The van der Waals surface area contributed by atoms with Crippen molar-refractivity contribution in [3.05, 3.63) is 66.2 Å². The smallest absolute Gasteiger partial charge is 0.319 e. The first kappa shape index (κ1) is 22.8. The van der Waals surface area contributed by atoms with E-state index >= 15 is 0 Å². The van der Waals surface area contributed by atoms with Crippen molar-refractivity contribution in [2.75, 3.05) is 18.4 Å². The summed E-state index contributed by atoms with van der Waals surface area (Å²) in [6.07, 6.45) is 5.49. The van der Waals surface area contributed by atoms with E-state index in [2.05, 4.69) is 31.6 Å². The average Bonchev–Trinajstić information content (AvgIpc) is 3.54. The molecular formula is C26H25FN6O2S. The van der Waals surface area contributed by atoms with Gasteiger partial charge in [-0.15, -0.1) is 11.3 Å². The number of ether oxygens (including phenoxy) is 1. The van der Waals surface area contributed by atoms with Crippen LogP contribution in [0.1, 0.15) is 18.4 Å². The Labute approximate surface area is 211 Å². The molecule has 1 aliphatic carbocycles. The highest BCUT2D eigenvalue weighted by atomic mass is 32.1. The number of nitrogens with zero attached hydrogens (tertiary/aromatic N) is 3. The van der Waals surface area contributed by atoms with Gasteiger partial charge in [-0.05, 0) is 42.7 Å². The van der Waals surface area contributed by atoms with E-state index in [1.165, 1.54) is 23.5 Å². The number of thiophene rings is 1. The Balaban J connectivity index is 1.17. The summed E-state index contributed by atoms with van der Waals surface area (Å²) >= 11 is 1.50. The molecule has 36 heavy (non-hydrogen) atoms. The van der Waals surface area contributed by atoms with Gasteiger partial charge in [-0.1, -0.05) is 6.07 Å². The second-order valence-electron chi connectivity index (χ2n) is 9.26. The molecule has 0 spiro atoms. The lowest BCUT2D eigenvalue weighted by molar-refractivity contribution is 0.142. The van der Waals surface area contributed by atoms with Crippen molar-refractivity contribution in [1.29, 1.82) is 0 Å². The third kappa shape index (κ3) is 5.01. The van der Waals surface area contributed by atoms with E-state index in [0.717, 1.165) is 58.8 Å². The minimum atomic E-state index is -0.568. The number of carbonyl (C=O) groups excluding carboxylic acids is 1. The number of urea groups is 1. The topological polar surface area (TPSA) is 105 Å². The zero-order valence-corrected chi connectivity index (χ0v) is 20.2. The quantitative estimate of drug-likeness (QED) is 0.337. The molecule has 2 amide bonds. The number of nitrogens with one attached hydrogen (secondary N) is 2. The van der Waals surface area contributed by atoms with Gasteiger partial charge in [0.1, 0.15) is 5.75 Å².